The van der Waals surface area contributed by atoms with Crippen molar-refractivity contribution < 1.29 is 9.90 Å². The van der Waals surface area contributed by atoms with Gasteiger partial charge in [-0.3, -0.25) is 4.79 Å². The highest BCUT2D eigenvalue weighted by atomic mass is 16.3. The highest BCUT2D eigenvalue weighted by Crippen LogP contribution is 2.19. The second kappa shape index (κ2) is 7.26. The van der Waals surface area contributed by atoms with E-state index in [0.717, 1.165) is 31.2 Å². The maximum atomic E-state index is 12.5. The first-order chi connectivity index (χ1) is 10.1. The van der Waals surface area contributed by atoms with E-state index in [2.05, 4.69) is 17.2 Å². The van der Waals surface area contributed by atoms with E-state index in [1.807, 2.05) is 25.1 Å². The Morgan fingerprint density at radius 3 is 2.90 bits per heavy atom. The van der Waals surface area contributed by atoms with Crippen LogP contribution in [0.5, 0.6) is 0 Å². The smallest absolute Gasteiger partial charge is 0.252 e. The molecule has 21 heavy (non-hydrogen) atoms. The van der Waals surface area contributed by atoms with Crippen LogP contribution in [0.15, 0.2) is 18.2 Å². The molecule has 4 heteroatoms. The molecule has 112 valence electrons. The first-order valence-electron chi connectivity index (χ1n) is 7.40. The summed E-state index contributed by atoms with van der Waals surface area (Å²) in [5, 5.41) is 12.9. The molecule has 0 radical (unpaired) electrons. The molecule has 0 saturated heterocycles. The van der Waals surface area contributed by atoms with Gasteiger partial charge in [0.2, 0.25) is 0 Å². The SMILES string of the molecule is Cc1ccc(C#CCN)c(C(=O)NC2CCCCC2O)c1. The van der Waals surface area contributed by atoms with E-state index in [1.54, 1.807) is 0 Å². The molecule has 1 aromatic rings. The van der Waals surface area contributed by atoms with Gasteiger partial charge in [0, 0.05) is 5.56 Å². The summed E-state index contributed by atoms with van der Waals surface area (Å²) in [6.45, 7) is 2.20. The van der Waals surface area contributed by atoms with Crippen LogP contribution in [0.25, 0.3) is 0 Å². The first-order valence-corrected chi connectivity index (χ1v) is 7.40. The average molecular weight is 286 g/mol. The fourth-order valence-corrected chi connectivity index (χ4v) is 2.63. The summed E-state index contributed by atoms with van der Waals surface area (Å²) in [4.78, 5) is 12.5. The number of hydrogen-bond donors (Lipinski definition) is 3. The summed E-state index contributed by atoms with van der Waals surface area (Å²) >= 11 is 0. The molecule has 0 aromatic heterocycles. The van der Waals surface area contributed by atoms with Gasteiger partial charge in [-0.15, -0.1) is 0 Å². The first kappa shape index (κ1) is 15.6. The Hall–Kier alpha value is -1.83. The summed E-state index contributed by atoms with van der Waals surface area (Å²) < 4.78 is 0. The second-order valence-electron chi connectivity index (χ2n) is 5.49. The number of benzene rings is 1. The van der Waals surface area contributed by atoms with Gasteiger partial charge < -0.3 is 16.2 Å². The maximum absolute atomic E-state index is 12.5. The molecule has 0 aliphatic heterocycles. The Kier molecular flexibility index (Phi) is 5.38. The number of carbonyl (C=O) groups excluding carboxylic acids is 1. The lowest BCUT2D eigenvalue weighted by molar-refractivity contribution is 0.0717. The Bertz CT molecular complexity index is 572. The van der Waals surface area contributed by atoms with Crippen LogP contribution in [0.3, 0.4) is 0 Å². The number of carbonyl (C=O) groups is 1. The zero-order valence-corrected chi connectivity index (χ0v) is 12.4. The minimum absolute atomic E-state index is 0.165. The predicted molar refractivity (Wildman–Crippen MR) is 82.8 cm³/mol. The van der Waals surface area contributed by atoms with E-state index in [-0.39, 0.29) is 18.5 Å². The monoisotopic (exact) mass is 286 g/mol. The Morgan fingerprint density at radius 2 is 2.19 bits per heavy atom. The summed E-state index contributed by atoms with van der Waals surface area (Å²) in [5.41, 5.74) is 7.62. The third kappa shape index (κ3) is 4.07. The molecule has 2 rings (SSSR count). The normalized spacial score (nSPS) is 21.3. The number of nitrogens with two attached hydrogens (primary N) is 1. The van der Waals surface area contributed by atoms with Crippen LogP contribution in [0.2, 0.25) is 0 Å². The fraction of sp³-hybridized carbons (Fsp3) is 0.471. The zero-order chi connectivity index (χ0) is 15.2. The highest BCUT2D eigenvalue weighted by molar-refractivity contribution is 5.97. The molecule has 1 aliphatic carbocycles. The molecule has 1 amide bonds. The van der Waals surface area contributed by atoms with Crippen LogP contribution >= 0.6 is 0 Å². The summed E-state index contributed by atoms with van der Waals surface area (Å²) in [5.74, 6) is 5.54. The van der Waals surface area contributed by atoms with Crippen LogP contribution in [0.4, 0.5) is 0 Å². The van der Waals surface area contributed by atoms with Crippen molar-refractivity contribution in [3.63, 3.8) is 0 Å². The average Bonchev–Trinajstić information content (AvgIpc) is 2.48. The molecule has 1 aromatic carbocycles. The highest BCUT2D eigenvalue weighted by Gasteiger charge is 2.25. The van der Waals surface area contributed by atoms with E-state index in [1.165, 1.54) is 0 Å². The third-order valence-corrected chi connectivity index (χ3v) is 3.79. The standard InChI is InChI=1S/C17H22N2O2/c1-12-8-9-13(5-4-10-18)14(11-12)17(21)19-15-6-2-3-7-16(15)20/h8-9,11,15-16,20H,2-3,6-7,10,18H2,1H3,(H,19,21). The number of amides is 1. The van der Waals surface area contributed by atoms with E-state index in [9.17, 15) is 9.90 Å². The van der Waals surface area contributed by atoms with Crippen molar-refractivity contribution in [3.05, 3.63) is 34.9 Å². The number of hydrogen-bond acceptors (Lipinski definition) is 3. The molecule has 4 nitrogen and oxygen atoms in total. The lowest BCUT2D eigenvalue weighted by Crippen LogP contribution is -2.45. The van der Waals surface area contributed by atoms with Gasteiger partial charge in [0.15, 0.2) is 0 Å². The molecule has 4 N–H and O–H groups in total. The number of aliphatic hydroxyl groups is 1. The molecule has 2 unspecified atom stereocenters. The van der Waals surface area contributed by atoms with Crippen molar-refractivity contribution in [2.45, 2.75) is 44.8 Å². The number of aryl methyl sites for hydroxylation is 1. The molecule has 0 spiro atoms. The third-order valence-electron chi connectivity index (χ3n) is 3.79. The molecule has 0 heterocycles. The quantitative estimate of drug-likeness (QED) is 0.718. The van der Waals surface area contributed by atoms with Crippen LogP contribution in [-0.4, -0.2) is 29.7 Å². The predicted octanol–water partition coefficient (Wildman–Crippen LogP) is 1.34. The van der Waals surface area contributed by atoms with Gasteiger partial charge in [-0.05, 0) is 31.9 Å². The molecular weight excluding hydrogens is 264 g/mol. The molecule has 1 fully saturated rings. The van der Waals surface area contributed by atoms with E-state index in [0.29, 0.717) is 11.1 Å². The van der Waals surface area contributed by atoms with Crippen molar-refractivity contribution in [3.8, 4) is 11.8 Å². The molecule has 2 atom stereocenters. The van der Waals surface area contributed by atoms with Crippen molar-refractivity contribution in [1.29, 1.82) is 0 Å². The second-order valence-corrected chi connectivity index (χ2v) is 5.49. The summed E-state index contributed by atoms with van der Waals surface area (Å²) in [6.07, 6.45) is 3.17. The number of aliphatic hydroxyl groups excluding tert-OH is 1. The summed E-state index contributed by atoms with van der Waals surface area (Å²) in [6, 6.07) is 5.42. The molecular formula is C17H22N2O2. The lowest BCUT2D eigenvalue weighted by Gasteiger charge is -2.28. The number of nitrogens with one attached hydrogen (secondary N) is 1. The Labute approximate surface area is 125 Å². The van der Waals surface area contributed by atoms with E-state index in [4.69, 9.17) is 5.73 Å². The van der Waals surface area contributed by atoms with Gasteiger partial charge in [-0.2, -0.15) is 0 Å². The van der Waals surface area contributed by atoms with Crippen LogP contribution in [0, 0.1) is 18.8 Å². The lowest BCUT2D eigenvalue weighted by atomic mass is 9.92. The largest absolute Gasteiger partial charge is 0.391 e. The van der Waals surface area contributed by atoms with Gasteiger partial charge in [-0.25, -0.2) is 0 Å². The van der Waals surface area contributed by atoms with E-state index < -0.39 is 6.10 Å². The summed E-state index contributed by atoms with van der Waals surface area (Å²) in [7, 11) is 0. The number of rotatable bonds is 2. The Morgan fingerprint density at radius 1 is 1.43 bits per heavy atom. The van der Waals surface area contributed by atoms with Gasteiger partial charge in [0.05, 0.1) is 24.3 Å². The zero-order valence-electron chi connectivity index (χ0n) is 12.4. The van der Waals surface area contributed by atoms with Crippen molar-refractivity contribution in [2.24, 2.45) is 5.73 Å². The minimum atomic E-state index is -0.453. The minimum Gasteiger partial charge on any atom is -0.391 e. The Balaban J connectivity index is 2.19. The van der Waals surface area contributed by atoms with Crippen LogP contribution in [0.1, 0.15) is 47.2 Å². The van der Waals surface area contributed by atoms with Gasteiger partial charge >= 0.3 is 0 Å². The van der Waals surface area contributed by atoms with Crippen molar-refractivity contribution >= 4 is 5.91 Å². The van der Waals surface area contributed by atoms with Gasteiger partial charge in [-0.1, -0.05) is 36.3 Å². The van der Waals surface area contributed by atoms with E-state index >= 15 is 0 Å². The molecule has 0 bridgehead atoms. The van der Waals surface area contributed by atoms with Gasteiger partial charge in [0.1, 0.15) is 0 Å². The maximum Gasteiger partial charge on any atom is 0.252 e. The van der Waals surface area contributed by atoms with Crippen molar-refractivity contribution in [1.82, 2.24) is 5.32 Å². The van der Waals surface area contributed by atoms with Crippen LogP contribution in [-0.2, 0) is 0 Å². The molecule has 1 saturated carbocycles. The van der Waals surface area contributed by atoms with Crippen molar-refractivity contribution in [2.75, 3.05) is 6.54 Å². The topological polar surface area (TPSA) is 75.4 Å². The fourth-order valence-electron chi connectivity index (χ4n) is 2.63. The van der Waals surface area contributed by atoms with Crippen LogP contribution < -0.4 is 11.1 Å². The van der Waals surface area contributed by atoms with Gasteiger partial charge in [0.25, 0.3) is 5.91 Å². The molecule has 1 aliphatic rings.